The number of hydrogen-bond acceptors (Lipinski definition) is 6. The van der Waals surface area contributed by atoms with Crippen molar-refractivity contribution in [2.75, 3.05) is 24.7 Å². The lowest BCUT2D eigenvalue weighted by atomic mass is 10.1. The summed E-state index contributed by atoms with van der Waals surface area (Å²) >= 11 is 0. The largest absolute Gasteiger partial charge is 0.484 e. The number of carbonyl (C=O) groups is 1. The molecule has 0 spiro atoms. The van der Waals surface area contributed by atoms with E-state index in [1.807, 2.05) is 13.8 Å². The number of nitro benzene ring substituents is 1. The predicted molar refractivity (Wildman–Crippen MR) is 92.2 cm³/mol. The van der Waals surface area contributed by atoms with Crippen molar-refractivity contribution in [3.05, 3.63) is 34.4 Å². The van der Waals surface area contributed by atoms with E-state index >= 15 is 0 Å². The Labute approximate surface area is 146 Å². The summed E-state index contributed by atoms with van der Waals surface area (Å²) in [7, 11) is -3.10. The molecule has 1 aliphatic rings. The molecule has 1 aromatic carbocycles. The number of non-ortho nitro benzene ring substituents is 1. The van der Waals surface area contributed by atoms with Gasteiger partial charge in [-0.05, 0) is 18.4 Å². The summed E-state index contributed by atoms with van der Waals surface area (Å²) < 4.78 is 28.8. The number of amides is 1. The standard InChI is InChI=1S/C16H22N2O6S/c1-12(2)9-17(14-6-7-25(22,23)11-14)16(19)10-24-15-5-3-4-13(8-15)18(20)21/h3-5,8,12,14H,6-7,9-11H2,1-2H3/t14-/m1/s1. The van der Waals surface area contributed by atoms with Crippen LogP contribution in [0.3, 0.4) is 0 Å². The van der Waals surface area contributed by atoms with Gasteiger partial charge in [0, 0.05) is 18.7 Å². The molecule has 0 bridgehead atoms. The number of nitrogens with zero attached hydrogens (tertiary/aromatic N) is 2. The second-order valence-corrected chi connectivity index (χ2v) is 8.77. The third-order valence-corrected chi connectivity index (χ3v) is 5.67. The first-order chi connectivity index (χ1) is 11.7. The highest BCUT2D eigenvalue weighted by Gasteiger charge is 2.34. The number of ether oxygens (including phenoxy) is 1. The molecule has 25 heavy (non-hydrogen) atoms. The van der Waals surface area contributed by atoms with Crippen LogP contribution >= 0.6 is 0 Å². The van der Waals surface area contributed by atoms with E-state index in [0.29, 0.717) is 13.0 Å². The van der Waals surface area contributed by atoms with Gasteiger partial charge in [0.05, 0.1) is 22.5 Å². The monoisotopic (exact) mass is 370 g/mol. The van der Waals surface area contributed by atoms with Crippen LogP contribution in [0.5, 0.6) is 5.75 Å². The number of carbonyl (C=O) groups excluding carboxylic acids is 1. The molecule has 1 heterocycles. The Kier molecular flexibility index (Phi) is 5.99. The van der Waals surface area contributed by atoms with Crippen molar-refractivity contribution in [1.82, 2.24) is 4.90 Å². The molecule has 0 aliphatic carbocycles. The maximum atomic E-state index is 12.5. The van der Waals surface area contributed by atoms with Crippen LogP contribution in [0.15, 0.2) is 24.3 Å². The van der Waals surface area contributed by atoms with E-state index in [4.69, 9.17) is 4.74 Å². The van der Waals surface area contributed by atoms with E-state index in [0.717, 1.165) is 0 Å². The number of sulfone groups is 1. The Morgan fingerprint density at radius 2 is 2.16 bits per heavy atom. The molecule has 9 heteroatoms. The van der Waals surface area contributed by atoms with Gasteiger partial charge < -0.3 is 9.64 Å². The Morgan fingerprint density at radius 3 is 2.72 bits per heavy atom. The van der Waals surface area contributed by atoms with Crippen LogP contribution < -0.4 is 4.74 Å². The van der Waals surface area contributed by atoms with Crippen LogP contribution in [0.4, 0.5) is 5.69 Å². The molecular weight excluding hydrogens is 348 g/mol. The quantitative estimate of drug-likeness (QED) is 0.533. The Hall–Kier alpha value is -2.16. The fourth-order valence-electron chi connectivity index (χ4n) is 2.78. The lowest BCUT2D eigenvalue weighted by Gasteiger charge is -2.29. The number of rotatable bonds is 7. The van der Waals surface area contributed by atoms with Crippen molar-refractivity contribution in [3.8, 4) is 5.75 Å². The Balaban J connectivity index is 2.04. The van der Waals surface area contributed by atoms with E-state index in [2.05, 4.69) is 0 Å². The average Bonchev–Trinajstić information content (AvgIpc) is 2.90. The van der Waals surface area contributed by atoms with Crippen molar-refractivity contribution in [2.24, 2.45) is 5.92 Å². The molecule has 0 radical (unpaired) electrons. The smallest absolute Gasteiger partial charge is 0.273 e. The molecule has 1 amide bonds. The second-order valence-electron chi connectivity index (χ2n) is 6.54. The first-order valence-corrected chi connectivity index (χ1v) is 9.87. The van der Waals surface area contributed by atoms with Crippen LogP contribution in [0.25, 0.3) is 0 Å². The van der Waals surface area contributed by atoms with Crippen molar-refractivity contribution in [3.63, 3.8) is 0 Å². The normalized spacial score (nSPS) is 18.9. The first kappa shape index (κ1) is 19.2. The summed E-state index contributed by atoms with van der Waals surface area (Å²) in [6.07, 6.45) is 0.428. The molecule has 0 saturated carbocycles. The second kappa shape index (κ2) is 7.81. The molecule has 0 unspecified atom stereocenters. The van der Waals surface area contributed by atoms with Gasteiger partial charge in [0.1, 0.15) is 5.75 Å². The topological polar surface area (TPSA) is 107 Å². The number of nitro groups is 1. The number of benzene rings is 1. The molecule has 1 aromatic rings. The zero-order chi connectivity index (χ0) is 18.6. The first-order valence-electron chi connectivity index (χ1n) is 8.05. The molecule has 1 atom stereocenters. The summed E-state index contributed by atoms with van der Waals surface area (Å²) in [5, 5.41) is 10.8. The Bertz CT molecular complexity index is 747. The minimum Gasteiger partial charge on any atom is -0.484 e. The van der Waals surface area contributed by atoms with E-state index in [1.54, 1.807) is 4.90 Å². The highest BCUT2D eigenvalue weighted by molar-refractivity contribution is 7.91. The SMILES string of the molecule is CC(C)CN(C(=O)COc1cccc([N+](=O)[O-])c1)[C@@H]1CCS(=O)(=O)C1. The van der Waals surface area contributed by atoms with Gasteiger partial charge in [-0.2, -0.15) is 0 Å². The average molecular weight is 370 g/mol. The molecule has 0 N–H and O–H groups in total. The van der Waals surface area contributed by atoms with Gasteiger partial charge in [-0.15, -0.1) is 0 Å². The fraction of sp³-hybridized carbons (Fsp3) is 0.562. The van der Waals surface area contributed by atoms with Crippen LogP contribution in [0.2, 0.25) is 0 Å². The van der Waals surface area contributed by atoms with E-state index < -0.39 is 14.8 Å². The van der Waals surface area contributed by atoms with E-state index in [-0.39, 0.29) is 47.4 Å². The van der Waals surface area contributed by atoms with Gasteiger partial charge >= 0.3 is 0 Å². The van der Waals surface area contributed by atoms with Gasteiger partial charge in [-0.1, -0.05) is 19.9 Å². The summed E-state index contributed by atoms with van der Waals surface area (Å²) in [5.74, 6) is 0.159. The highest BCUT2D eigenvalue weighted by Crippen LogP contribution is 2.21. The summed E-state index contributed by atoms with van der Waals surface area (Å²) in [4.78, 5) is 24.3. The highest BCUT2D eigenvalue weighted by atomic mass is 32.2. The van der Waals surface area contributed by atoms with Crippen molar-refractivity contribution in [2.45, 2.75) is 26.3 Å². The van der Waals surface area contributed by atoms with Gasteiger partial charge in [-0.3, -0.25) is 14.9 Å². The summed E-state index contributed by atoms with van der Waals surface area (Å²) in [5.41, 5.74) is -0.120. The maximum Gasteiger partial charge on any atom is 0.273 e. The molecule has 2 rings (SSSR count). The maximum absolute atomic E-state index is 12.5. The van der Waals surface area contributed by atoms with E-state index in [1.165, 1.54) is 24.3 Å². The fourth-order valence-corrected chi connectivity index (χ4v) is 4.51. The molecular formula is C16H22N2O6S. The number of hydrogen-bond donors (Lipinski definition) is 0. The van der Waals surface area contributed by atoms with Crippen LogP contribution in [0, 0.1) is 16.0 Å². The van der Waals surface area contributed by atoms with Gasteiger partial charge in [0.2, 0.25) is 0 Å². The van der Waals surface area contributed by atoms with Crippen LogP contribution in [0.1, 0.15) is 20.3 Å². The van der Waals surface area contributed by atoms with Crippen LogP contribution in [-0.2, 0) is 14.6 Å². The molecule has 138 valence electrons. The third kappa shape index (κ3) is 5.42. The minimum atomic E-state index is -3.10. The van der Waals surface area contributed by atoms with Crippen molar-refractivity contribution in [1.29, 1.82) is 0 Å². The van der Waals surface area contributed by atoms with Gasteiger partial charge in [0.15, 0.2) is 16.4 Å². The summed E-state index contributed by atoms with van der Waals surface area (Å²) in [6.45, 7) is 4.05. The van der Waals surface area contributed by atoms with Gasteiger partial charge in [-0.25, -0.2) is 8.42 Å². The lowest BCUT2D eigenvalue weighted by Crippen LogP contribution is -2.45. The molecule has 8 nitrogen and oxygen atoms in total. The van der Waals surface area contributed by atoms with Crippen LogP contribution in [-0.4, -0.2) is 54.8 Å². The van der Waals surface area contributed by atoms with Crippen molar-refractivity contribution >= 4 is 21.4 Å². The molecule has 1 fully saturated rings. The molecule has 1 aliphatic heterocycles. The minimum absolute atomic E-state index is 0.0255. The van der Waals surface area contributed by atoms with Crippen molar-refractivity contribution < 1.29 is 22.9 Å². The predicted octanol–water partition coefficient (Wildman–Crippen LogP) is 1.65. The molecule has 1 saturated heterocycles. The lowest BCUT2D eigenvalue weighted by molar-refractivity contribution is -0.384. The Morgan fingerprint density at radius 1 is 1.44 bits per heavy atom. The summed E-state index contributed by atoms with van der Waals surface area (Å²) in [6, 6.07) is 5.26. The molecule has 0 aromatic heterocycles. The zero-order valence-electron chi connectivity index (χ0n) is 14.3. The van der Waals surface area contributed by atoms with Gasteiger partial charge in [0.25, 0.3) is 11.6 Å². The van der Waals surface area contributed by atoms with E-state index in [9.17, 15) is 23.3 Å². The zero-order valence-corrected chi connectivity index (χ0v) is 15.1. The third-order valence-electron chi connectivity index (χ3n) is 3.92.